The Labute approximate surface area is 187 Å². The fraction of sp³-hybridized carbons (Fsp3) is 0.417. The van der Waals surface area contributed by atoms with Gasteiger partial charge in [0.2, 0.25) is 17.7 Å². The molecule has 4 N–H and O–H groups in total. The minimum atomic E-state index is -0.941. The van der Waals surface area contributed by atoms with Crippen LogP contribution in [0.15, 0.2) is 42.5 Å². The van der Waals surface area contributed by atoms with E-state index in [1.807, 2.05) is 42.5 Å². The van der Waals surface area contributed by atoms with Crippen molar-refractivity contribution in [1.29, 1.82) is 0 Å². The van der Waals surface area contributed by atoms with Gasteiger partial charge in [-0.25, -0.2) is 0 Å². The van der Waals surface area contributed by atoms with Gasteiger partial charge in [0, 0.05) is 12.8 Å². The Morgan fingerprint density at radius 1 is 0.969 bits per heavy atom. The van der Waals surface area contributed by atoms with Crippen LogP contribution in [-0.4, -0.2) is 41.4 Å². The van der Waals surface area contributed by atoms with Crippen LogP contribution in [0.2, 0.25) is 0 Å². The molecular weight excluding hydrogens is 410 g/mol. The summed E-state index contributed by atoms with van der Waals surface area (Å²) in [5.74, 6) is -2.18. The second kappa shape index (κ2) is 10.7. The van der Waals surface area contributed by atoms with Crippen molar-refractivity contribution in [3.8, 4) is 0 Å². The maximum Gasteiger partial charge on any atom is 0.306 e. The van der Waals surface area contributed by atoms with E-state index in [0.29, 0.717) is 0 Å². The van der Waals surface area contributed by atoms with Gasteiger partial charge in [0.1, 0.15) is 17.7 Å². The average molecular weight is 442 g/mol. The van der Waals surface area contributed by atoms with Gasteiger partial charge >= 0.3 is 5.97 Å². The van der Waals surface area contributed by atoms with Gasteiger partial charge in [0.05, 0.1) is 6.42 Å². The SMILES string of the molecule is C[C@H](NC(=O)[C@H](Cc1ccc2ccccc2c1)NC(=O)CCC(=O)OC(C)(C)C)C(N)=O. The van der Waals surface area contributed by atoms with E-state index in [-0.39, 0.29) is 19.3 Å². The number of ether oxygens (including phenoxy) is 1. The lowest BCUT2D eigenvalue weighted by Gasteiger charge is -2.21. The monoisotopic (exact) mass is 441 g/mol. The molecule has 2 aromatic carbocycles. The van der Waals surface area contributed by atoms with Crippen molar-refractivity contribution in [2.45, 2.75) is 64.6 Å². The molecular formula is C24H31N3O5. The highest BCUT2D eigenvalue weighted by molar-refractivity contribution is 5.92. The first kappa shape index (κ1) is 24.8. The molecule has 2 rings (SSSR count). The Morgan fingerprint density at radius 3 is 2.25 bits per heavy atom. The molecule has 0 aliphatic carbocycles. The Morgan fingerprint density at radius 2 is 1.62 bits per heavy atom. The van der Waals surface area contributed by atoms with Crippen LogP contribution in [0, 0.1) is 0 Å². The van der Waals surface area contributed by atoms with E-state index in [0.717, 1.165) is 16.3 Å². The lowest BCUT2D eigenvalue weighted by Crippen LogP contribution is -2.52. The van der Waals surface area contributed by atoms with Crippen molar-refractivity contribution < 1.29 is 23.9 Å². The third-order valence-corrected chi connectivity index (χ3v) is 4.67. The number of hydrogen-bond acceptors (Lipinski definition) is 5. The van der Waals surface area contributed by atoms with Crippen molar-refractivity contribution in [2.24, 2.45) is 5.73 Å². The van der Waals surface area contributed by atoms with Gasteiger partial charge in [-0.05, 0) is 44.0 Å². The first-order valence-corrected chi connectivity index (χ1v) is 10.5. The summed E-state index contributed by atoms with van der Waals surface area (Å²) in [6.45, 7) is 6.70. The molecule has 0 fully saturated rings. The highest BCUT2D eigenvalue weighted by Crippen LogP contribution is 2.17. The molecule has 0 aromatic heterocycles. The van der Waals surface area contributed by atoms with Crippen LogP contribution in [0.4, 0.5) is 0 Å². The van der Waals surface area contributed by atoms with Crippen LogP contribution in [-0.2, 0) is 30.3 Å². The van der Waals surface area contributed by atoms with Crippen molar-refractivity contribution in [1.82, 2.24) is 10.6 Å². The van der Waals surface area contributed by atoms with Crippen LogP contribution in [0.25, 0.3) is 10.8 Å². The molecule has 0 spiro atoms. The molecule has 8 nitrogen and oxygen atoms in total. The standard InChI is InChI=1S/C24H31N3O5/c1-15(22(25)30)26-23(31)19(27-20(28)11-12-21(29)32-24(2,3)4)14-16-9-10-17-7-5-6-8-18(17)13-16/h5-10,13,15,19H,11-12,14H2,1-4H3,(H2,25,30)(H,26,31)(H,27,28)/t15-,19-/m0/s1. The van der Waals surface area contributed by atoms with Gasteiger partial charge in [0.15, 0.2) is 0 Å². The molecule has 32 heavy (non-hydrogen) atoms. The van der Waals surface area contributed by atoms with Crippen LogP contribution >= 0.6 is 0 Å². The fourth-order valence-corrected chi connectivity index (χ4v) is 3.07. The Hall–Kier alpha value is -3.42. The van der Waals surface area contributed by atoms with E-state index in [2.05, 4.69) is 10.6 Å². The van der Waals surface area contributed by atoms with Crippen LogP contribution in [0.1, 0.15) is 46.1 Å². The number of fused-ring (bicyclic) bond motifs is 1. The summed E-state index contributed by atoms with van der Waals surface area (Å²) >= 11 is 0. The minimum absolute atomic E-state index is 0.106. The second-order valence-corrected chi connectivity index (χ2v) is 8.72. The number of rotatable bonds is 9. The van der Waals surface area contributed by atoms with Crippen molar-refractivity contribution in [3.05, 3.63) is 48.0 Å². The van der Waals surface area contributed by atoms with Gasteiger partial charge in [-0.15, -0.1) is 0 Å². The van der Waals surface area contributed by atoms with E-state index >= 15 is 0 Å². The summed E-state index contributed by atoms with van der Waals surface area (Å²) < 4.78 is 5.21. The van der Waals surface area contributed by atoms with Gasteiger partial charge < -0.3 is 21.1 Å². The predicted molar refractivity (Wildman–Crippen MR) is 121 cm³/mol. The predicted octanol–water partition coefficient (Wildman–Crippen LogP) is 1.98. The number of primary amides is 1. The summed E-state index contributed by atoms with van der Waals surface area (Å²) in [6.07, 6.45) is -0.0206. The van der Waals surface area contributed by atoms with Crippen molar-refractivity contribution in [3.63, 3.8) is 0 Å². The van der Waals surface area contributed by atoms with Crippen LogP contribution < -0.4 is 16.4 Å². The number of nitrogens with two attached hydrogens (primary N) is 1. The molecule has 0 aliphatic heterocycles. The molecule has 2 atom stereocenters. The molecule has 3 amide bonds. The topological polar surface area (TPSA) is 128 Å². The number of carbonyl (C=O) groups excluding carboxylic acids is 4. The first-order chi connectivity index (χ1) is 14.9. The second-order valence-electron chi connectivity index (χ2n) is 8.72. The number of amides is 3. The van der Waals surface area contributed by atoms with Crippen molar-refractivity contribution in [2.75, 3.05) is 0 Å². The van der Waals surface area contributed by atoms with Crippen LogP contribution in [0.5, 0.6) is 0 Å². The zero-order chi connectivity index (χ0) is 23.9. The molecule has 0 aliphatic rings. The maximum absolute atomic E-state index is 12.8. The number of nitrogens with one attached hydrogen (secondary N) is 2. The van der Waals surface area contributed by atoms with E-state index in [1.54, 1.807) is 20.8 Å². The lowest BCUT2D eigenvalue weighted by atomic mass is 10.0. The smallest absolute Gasteiger partial charge is 0.306 e. The van der Waals surface area contributed by atoms with Crippen molar-refractivity contribution >= 4 is 34.5 Å². The summed E-state index contributed by atoms with van der Waals surface area (Å²) in [7, 11) is 0. The van der Waals surface area contributed by atoms with Gasteiger partial charge in [0.25, 0.3) is 0 Å². The molecule has 0 saturated carbocycles. The Kier molecular flexibility index (Phi) is 8.34. The van der Waals surface area contributed by atoms with Gasteiger partial charge in [-0.1, -0.05) is 42.5 Å². The molecule has 0 radical (unpaired) electrons. The molecule has 2 aromatic rings. The third kappa shape index (κ3) is 8.02. The zero-order valence-corrected chi connectivity index (χ0v) is 18.9. The normalized spacial score (nSPS) is 13.1. The average Bonchev–Trinajstić information content (AvgIpc) is 2.70. The molecule has 0 unspecified atom stereocenters. The highest BCUT2D eigenvalue weighted by atomic mass is 16.6. The summed E-state index contributed by atoms with van der Waals surface area (Å²) in [4.78, 5) is 48.5. The number of benzene rings is 2. The summed E-state index contributed by atoms with van der Waals surface area (Å²) in [6, 6.07) is 11.7. The minimum Gasteiger partial charge on any atom is -0.460 e. The van der Waals surface area contributed by atoms with E-state index in [9.17, 15) is 19.2 Å². The number of esters is 1. The summed E-state index contributed by atoms with van der Waals surface area (Å²) in [5.41, 5.74) is 5.43. The molecule has 8 heteroatoms. The third-order valence-electron chi connectivity index (χ3n) is 4.67. The maximum atomic E-state index is 12.8. The largest absolute Gasteiger partial charge is 0.460 e. The number of carbonyl (C=O) groups is 4. The Bertz CT molecular complexity index is 997. The van der Waals surface area contributed by atoms with Gasteiger partial charge in [-0.3, -0.25) is 19.2 Å². The lowest BCUT2D eigenvalue weighted by molar-refractivity contribution is -0.155. The quantitative estimate of drug-likeness (QED) is 0.513. The van der Waals surface area contributed by atoms with E-state index in [1.165, 1.54) is 6.92 Å². The van der Waals surface area contributed by atoms with E-state index in [4.69, 9.17) is 10.5 Å². The van der Waals surface area contributed by atoms with E-state index < -0.39 is 41.4 Å². The molecule has 0 saturated heterocycles. The highest BCUT2D eigenvalue weighted by Gasteiger charge is 2.25. The first-order valence-electron chi connectivity index (χ1n) is 10.5. The van der Waals surface area contributed by atoms with Gasteiger partial charge in [-0.2, -0.15) is 0 Å². The summed E-state index contributed by atoms with van der Waals surface area (Å²) in [5, 5.41) is 7.25. The molecule has 0 heterocycles. The Balaban J connectivity index is 2.10. The zero-order valence-electron chi connectivity index (χ0n) is 18.9. The van der Waals surface area contributed by atoms with Crippen LogP contribution in [0.3, 0.4) is 0 Å². The fourth-order valence-electron chi connectivity index (χ4n) is 3.07. The molecule has 172 valence electrons. The molecule has 0 bridgehead atoms. The number of hydrogen-bond donors (Lipinski definition) is 3.